The van der Waals surface area contributed by atoms with Gasteiger partial charge in [-0.2, -0.15) is 0 Å². The van der Waals surface area contributed by atoms with Gasteiger partial charge in [0.2, 0.25) is 5.79 Å². The number of carbonyl (C=O) groups is 2. The van der Waals surface area contributed by atoms with Gasteiger partial charge in [-0.1, -0.05) is 20.4 Å². The van der Waals surface area contributed by atoms with Crippen molar-refractivity contribution < 1.29 is 24.5 Å². The van der Waals surface area contributed by atoms with Gasteiger partial charge in [-0.15, -0.1) is 0 Å². The Morgan fingerprint density at radius 3 is 2.70 bits per heavy atom. The lowest BCUT2D eigenvalue weighted by Gasteiger charge is -2.56. The minimum absolute atomic E-state index is 0.0948. The number of Topliss-reactive ketones (excluding diaryl/α,β-unsaturated/α-hetero) is 1. The summed E-state index contributed by atoms with van der Waals surface area (Å²) in [5.74, 6) is -3.92. The van der Waals surface area contributed by atoms with E-state index in [0.717, 1.165) is 0 Å². The number of hydrogen-bond acceptors (Lipinski definition) is 5. The van der Waals surface area contributed by atoms with Gasteiger partial charge in [0.05, 0.1) is 12.0 Å². The number of esters is 1. The summed E-state index contributed by atoms with van der Waals surface area (Å²) in [6, 6.07) is 0. The number of aliphatic hydroxyl groups excluding tert-OH is 1. The number of carbonyl (C=O) groups excluding carboxylic acids is 2. The van der Waals surface area contributed by atoms with Crippen molar-refractivity contribution in [1.82, 2.24) is 0 Å². The summed E-state index contributed by atoms with van der Waals surface area (Å²) >= 11 is 0. The summed E-state index contributed by atoms with van der Waals surface area (Å²) in [5, 5.41) is 21.3. The molecular weight excluding hydrogens is 260 g/mol. The summed E-state index contributed by atoms with van der Waals surface area (Å²) in [6.07, 6.45) is 0.461. The molecule has 1 saturated heterocycles. The van der Waals surface area contributed by atoms with Crippen molar-refractivity contribution in [1.29, 1.82) is 0 Å². The lowest BCUT2D eigenvalue weighted by Crippen LogP contribution is -2.64. The first-order valence-corrected chi connectivity index (χ1v) is 7.07. The second kappa shape index (κ2) is 3.92. The SMILES string of the molecule is C=C1C(=O)O[C@]2(O)[C@H]1CC[C@@]1(C)[C@H](O)CC(=O)[C@@H](C)[C@@H]12. The van der Waals surface area contributed by atoms with Gasteiger partial charge in [0.15, 0.2) is 0 Å². The predicted octanol–water partition coefficient (Wildman–Crippen LogP) is 0.790. The van der Waals surface area contributed by atoms with Gasteiger partial charge in [-0.25, -0.2) is 4.79 Å². The topological polar surface area (TPSA) is 83.8 Å². The molecule has 6 atom stereocenters. The summed E-state index contributed by atoms with van der Waals surface area (Å²) < 4.78 is 5.22. The Kier molecular flexibility index (Phi) is 2.70. The molecule has 5 nitrogen and oxygen atoms in total. The van der Waals surface area contributed by atoms with E-state index in [-0.39, 0.29) is 17.8 Å². The van der Waals surface area contributed by atoms with Crippen molar-refractivity contribution in [3.8, 4) is 0 Å². The molecule has 0 aromatic rings. The predicted molar refractivity (Wildman–Crippen MR) is 69.3 cm³/mol. The number of hydrogen-bond donors (Lipinski definition) is 2. The van der Waals surface area contributed by atoms with Crippen LogP contribution >= 0.6 is 0 Å². The number of ether oxygens (including phenoxy) is 1. The maximum atomic E-state index is 12.1. The van der Waals surface area contributed by atoms with E-state index in [9.17, 15) is 19.8 Å². The molecule has 110 valence electrons. The summed E-state index contributed by atoms with van der Waals surface area (Å²) in [4.78, 5) is 23.8. The van der Waals surface area contributed by atoms with E-state index in [0.29, 0.717) is 12.8 Å². The Bertz CT molecular complexity index is 512. The van der Waals surface area contributed by atoms with Gasteiger partial charge in [0, 0.05) is 29.2 Å². The minimum Gasteiger partial charge on any atom is -0.429 e. The van der Waals surface area contributed by atoms with Crippen LogP contribution in [0, 0.1) is 23.2 Å². The Hall–Kier alpha value is -1.20. The van der Waals surface area contributed by atoms with Crippen molar-refractivity contribution >= 4 is 11.8 Å². The molecular formula is C15H20O5. The zero-order chi connectivity index (χ0) is 14.9. The van der Waals surface area contributed by atoms with Crippen LogP contribution in [0.25, 0.3) is 0 Å². The molecule has 20 heavy (non-hydrogen) atoms. The lowest BCUT2D eigenvalue weighted by molar-refractivity contribution is -0.288. The second-order valence-electron chi connectivity index (χ2n) is 6.72. The Balaban J connectivity index is 2.11. The quantitative estimate of drug-likeness (QED) is 0.506. The van der Waals surface area contributed by atoms with Gasteiger partial charge < -0.3 is 14.9 Å². The van der Waals surface area contributed by atoms with Crippen LogP contribution < -0.4 is 0 Å². The average Bonchev–Trinajstić information content (AvgIpc) is 2.57. The summed E-state index contributed by atoms with van der Waals surface area (Å²) in [7, 11) is 0. The van der Waals surface area contributed by atoms with Crippen LogP contribution in [0.1, 0.15) is 33.1 Å². The third kappa shape index (κ3) is 1.45. The highest BCUT2D eigenvalue weighted by atomic mass is 16.7. The highest BCUT2D eigenvalue weighted by Crippen LogP contribution is 2.60. The highest BCUT2D eigenvalue weighted by Gasteiger charge is 2.68. The second-order valence-corrected chi connectivity index (χ2v) is 6.72. The minimum atomic E-state index is -1.71. The normalized spacial score (nSPS) is 51.5. The standard InChI is InChI=1S/C15H20O5/c1-7-9-4-5-14(3)11(17)6-10(16)8(2)12(14)15(9,19)20-13(7)18/h8-9,11-12,17,19H,1,4-6H2,2-3H3/t8-,9+,11-,12+,14+,15-/m1/s1. The van der Waals surface area contributed by atoms with E-state index >= 15 is 0 Å². The highest BCUT2D eigenvalue weighted by molar-refractivity contribution is 5.91. The monoisotopic (exact) mass is 280 g/mol. The molecule has 0 spiro atoms. The van der Waals surface area contributed by atoms with Crippen molar-refractivity contribution in [3.63, 3.8) is 0 Å². The fraction of sp³-hybridized carbons (Fsp3) is 0.733. The van der Waals surface area contributed by atoms with E-state index in [4.69, 9.17) is 4.74 Å². The summed E-state index contributed by atoms with van der Waals surface area (Å²) in [5.41, 5.74) is -0.349. The molecule has 1 aliphatic heterocycles. The molecule has 3 fully saturated rings. The smallest absolute Gasteiger partial charge is 0.336 e. The molecule has 0 amide bonds. The number of fused-ring (bicyclic) bond motifs is 3. The molecule has 0 aromatic carbocycles. The van der Waals surface area contributed by atoms with Crippen LogP contribution in [0.2, 0.25) is 0 Å². The zero-order valence-electron chi connectivity index (χ0n) is 11.8. The average molecular weight is 280 g/mol. The van der Waals surface area contributed by atoms with Gasteiger partial charge in [-0.3, -0.25) is 4.79 Å². The van der Waals surface area contributed by atoms with E-state index < -0.39 is 41.0 Å². The first-order valence-electron chi connectivity index (χ1n) is 7.07. The third-order valence-corrected chi connectivity index (χ3v) is 5.73. The van der Waals surface area contributed by atoms with Crippen LogP contribution in [0.3, 0.4) is 0 Å². The van der Waals surface area contributed by atoms with Gasteiger partial charge in [0.25, 0.3) is 0 Å². The number of rotatable bonds is 0. The molecule has 1 heterocycles. The maximum absolute atomic E-state index is 12.1. The molecule has 2 N–H and O–H groups in total. The summed E-state index contributed by atoms with van der Waals surface area (Å²) in [6.45, 7) is 7.32. The molecule has 2 saturated carbocycles. The number of ketones is 1. The maximum Gasteiger partial charge on any atom is 0.336 e. The van der Waals surface area contributed by atoms with Crippen LogP contribution in [0.15, 0.2) is 12.2 Å². The number of aliphatic hydroxyl groups is 2. The molecule has 0 bridgehead atoms. The van der Waals surface area contributed by atoms with E-state index in [1.807, 2.05) is 6.92 Å². The van der Waals surface area contributed by atoms with Gasteiger partial charge in [-0.05, 0) is 12.8 Å². The Morgan fingerprint density at radius 2 is 2.05 bits per heavy atom. The molecule has 5 heteroatoms. The first kappa shape index (κ1) is 13.8. The van der Waals surface area contributed by atoms with Crippen molar-refractivity contribution in [3.05, 3.63) is 12.2 Å². The van der Waals surface area contributed by atoms with E-state index in [1.165, 1.54) is 0 Å². The fourth-order valence-electron chi connectivity index (χ4n) is 4.52. The first-order chi connectivity index (χ1) is 9.21. The molecule has 3 rings (SSSR count). The molecule has 0 aromatic heterocycles. The van der Waals surface area contributed by atoms with Crippen LogP contribution in [0.4, 0.5) is 0 Å². The van der Waals surface area contributed by atoms with Gasteiger partial charge in [0.1, 0.15) is 5.78 Å². The van der Waals surface area contributed by atoms with Gasteiger partial charge >= 0.3 is 5.97 Å². The van der Waals surface area contributed by atoms with Crippen molar-refractivity contribution in [2.75, 3.05) is 0 Å². The molecule has 3 aliphatic rings. The van der Waals surface area contributed by atoms with Crippen LogP contribution in [-0.2, 0) is 14.3 Å². The Morgan fingerprint density at radius 1 is 1.40 bits per heavy atom. The van der Waals surface area contributed by atoms with Crippen LogP contribution in [0.5, 0.6) is 0 Å². The lowest BCUT2D eigenvalue weighted by atomic mass is 9.51. The molecule has 0 radical (unpaired) electrons. The van der Waals surface area contributed by atoms with E-state index in [1.54, 1.807) is 6.92 Å². The third-order valence-electron chi connectivity index (χ3n) is 5.73. The van der Waals surface area contributed by atoms with Crippen molar-refractivity contribution in [2.45, 2.75) is 45.0 Å². The van der Waals surface area contributed by atoms with Crippen molar-refractivity contribution in [2.24, 2.45) is 23.2 Å². The largest absolute Gasteiger partial charge is 0.429 e. The molecule has 2 aliphatic carbocycles. The van der Waals surface area contributed by atoms with E-state index in [2.05, 4.69) is 6.58 Å². The van der Waals surface area contributed by atoms with Crippen LogP contribution in [-0.4, -0.2) is 33.9 Å². The zero-order valence-corrected chi connectivity index (χ0v) is 11.8. The fourth-order valence-corrected chi connectivity index (χ4v) is 4.52. The Labute approximate surface area is 117 Å². The molecule has 0 unspecified atom stereocenters.